The summed E-state index contributed by atoms with van der Waals surface area (Å²) in [6.07, 6.45) is 5.19. The van der Waals surface area contributed by atoms with Crippen molar-refractivity contribution < 1.29 is 4.79 Å². The van der Waals surface area contributed by atoms with Crippen molar-refractivity contribution in [1.29, 1.82) is 0 Å². The molecule has 1 atom stereocenters. The molecule has 0 aromatic heterocycles. The molecule has 2 heteroatoms. The van der Waals surface area contributed by atoms with E-state index in [1.165, 1.54) is 10.0 Å². The van der Waals surface area contributed by atoms with E-state index in [1.807, 2.05) is 30.3 Å². The Balaban J connectivity index is 2.29. The van der Waals surface area contributed by atoms with Gasteiger partial charge in [0.2, 0.25) is 0 Å². The normalized spacial score (nSPS) is 11.9. The zero-order valence-electron chi connectivity index (χ0n) is 11.5. The van der Waals surface area contributed by atoms with Crippen LogP contribution < -0.4 is 4.46 Å². The van der Waals surface area contributed by atoms with Crippen molar-refractivity contribution in [3.8, 4) is 0 Å². The molecule has 0 bridgehead atoms. The van der Waals surface area contributed by atoms with Gasteiger partial charge in [0.1, 0.15) is 0 Å². The molecule has 0 N–H and O–H groups in total. The fourth-order valence-corrected chi connectivity index (χ4v) is 3.64. The Morgan fingerprint density at radius 1 is 1.28 bits per heavy atom. The standard InChI is InChI=1S/C16H22OSe/c1-13(2)8-7-9-14(3)12-16(17)18-15-10-5-4-6-11-15/h4-6,8,10-11,14H,7,9,12H2,1-3H3/t14-/m1/s1. The number of rotatable bonds is 7. The maximum absolute atomic E-state index is 11.9. The fourth-order valence-electron chi connectivity index (χ4n) is 1.70. The molecule has 0 aliphatic carbocycles. The molecule has 1 rings (SSSR count). The minimum atomic E-state index is -0.00790. The molecule has 18 heavy (non-hydrogen) atoms. The van der Waals surface area contributed by atoms with E-state index in [9.17, 15) is 4.79 Å². The van der Waals surface area contributed by atoms with Gasteiger partial charge < -0.3 is 0 Å². The van der Waals surface area contributed by atoms with Crippen LogP contribution in [-0.2, 0) is 4.79 Å². The average molecular weight is 309 g/mol. The van der Waals surface area contributed by atoms with Crippen LogP contribution in [-0.4, -0.2) is 19.6 Å². The molecule has 0 aliphatic heterocycles. The zero-order chi connectivity index (χ0) is 13.4. The summed E-state index contributed by atoms with van der Waals surface area (Å²) >= 11 is -0.00790. The van der Waals surface area contributed by atoms with Gasteiger partial charge in [0.05, 0.1) is 0 Å². The van der Waals surface area contributed by atoms with Crippen LogP contribution in [0.5, 0.6) is 0 Å². The van der Waals surface area contributed by atoms with E-state index in [2.05, 4.69) is 26.8 Å². The third kappa shape index (κ3) is 6.78. The van der Waals surface area contributed by atoms with E-state index in [0.717, 1.165) is 19.3 Å². The third-order valence-corrected chi connectivity index (χ3v) is 4.59. The average Bonchev–Trinajstić information content (AvgIpc) is 2.29. The second-order valence-electron chi connectivity index (χ2n) is 4.96. The summed E-state index contributed by atoms with van der Waals surface area (Å²) in [5, 5.41) is 0. The van der Waals surface area contributed by atoms with Crippen molar-refractivity contribution in [3.05, 3.63) is 42.0 Å². The van der Waals surface area contributed by atoms with Gasteiger partial charge in [0.25, 0.3) is 0 Å². The number of carbonyl (C=O) groups is 1. The molecule has 0 radical (unpaired) electrons. The molecule has 0 amide bonds. The van der Waals surface area contributed by atoms with Crippen LogP contribution in [0.4, 0.5) is 0 Å². The number of hydrogen-bond donors (Lipinski definition) is 0. The molecule has 0 unspecified atom stereocenters. The summed E-state index contributed by atoms with van der Waals surface area (Å²) in [5.41, 5.74) is 1.36. The van der Waals surface area contributed by atoms with Crippen LogP contribution in [0.1, 0.15) is 40.0 Å². The fraction of sp³-hybridized carbons (Fsp3) is 0.438. The summed E-state index contributed by atoms with van der Waals surface area (Å²) in [6, 6.07) is 10.1. The van der Waals surface area contributed by atoms with Crippen LogP contribution in [0, 0.1) is 5.92 Å². The van der Waals surface area contributed by atoms with E-state index >= 15 is 0 Å². The van der Waals surface area contributed by atoms with Gasteiger partial charge in [0.15, 0.2) is 0 Å². The van der Waals surface area contributed by atoms with E-state index < -0.39 is 0 Å². The van der Waals surface area contributed by atoms with Gasteiger partial charge in [-0.15, -0.1) is 0 Å². The topological polar surface area (TPSA) is 17.1 Å². The number of allylic oxidation sites excluding steroid dienone is 2. The second kappa shape index (κ2) is 8.29. The molecule has 1 aromatic carbocycles. The van der Waals surface area contributed by atoms with Gasteiger partial charge in [-0.1, -0.05) is 0 Å². The van der Waals surface area contributed by atoms with E-state index in [0.29, 0.717) is 10.6 Å². The quantitative estimate of drug-likeness (QED) is 0.558. The van der Waals surface area contributed by atoms with Crippen molar-refractivity contribution in [3.63, 3.8) is 0 Å². The SMILES string of the molecule is CC(C)=CCC[C@@H](C)CC(=O)[Se]c1ccccc1. The molecule has 98 valence electrons. The Morgan fingerprint density at radius 2 is 1.94 bits per heavy atom. The Bertz CT molecular complexity index is 391. The van der Waals surface area contributed by atoms with E-state index in [-0.39, 0.29) is 15.0 Å². The number of benzene rings is 1. The van der Waals surface area contributed by atoms with Gasteiger partial charge in [-0.05, 0) is 0 Å². The van der Waals surface area contributed by atoms with Crippen LogP contribution in [0.2, 0.25) is 0 Å². The molecule has 1 aromatic rings. The maximum atomic E-state index is 11.9. The van der Waals surface area contributed by atoms with Gasteiger partial charge in [-0.25, -0.2) is 0 Å². The first-order valence-corrected chi connectivity index (χ1v) is 8.18. The first kappa shape index (κ1) is 15.2. The molecule has 1 nitrogen and oxygen atoms in total. The molecule has 0 saturated carbocycles. The molecule has 0 saturated heterocycles. The monoisotopic (exact) mass is 310 g/mol. The second-order valence-corrected chi connectivity index (χ2v) is 7.33. The van der Waals surface area contributed by atoms with Gasteiger partial charge in [-0.3, -0.25) is 0 Å². The minimum absolute atomic E-state index is 0.00790. The first-order chi connectivity index (χ1) is 8.58. The zero-order valence-corrected chi connectivity index (χ0v) is 13.2. The molecular formula is C16H22OSe. The Morgan fingerprint density at radius 3 is 2.56 bits per heavy atom. The molecule has 0 aliphatic rings. The number of hydrogen-bond acceptors (Lipinski definition) is 1. The van der Waals surface area contributed by atoms with Crippen LogP contribution >= 0.6 is 0 Å². The third-order valence-electron chi connectivity index (χ3n) is 2.70. The molecular weight excluding hydrogens is 287 g/mol. The van der Waals surface area contributed by atoms with Crippen molar-refractivity contribution in [2.45, 2.75) is 40.0 Å². The van der Waals surface area contributed by atoms with Crippen molar-refractivity contribution in [2.75, 3.05) is 0 Å². The summed E-state index contributed by atoms with van der Waals surface area (Å²) in [5.74, 6) is 0.499. The predicted molar refractivity (Wildman–Crippen MR) is 79.3 cm³/mol. The molecule has 0 fully saturated rings. The van der Waals surface area contributed by atoms with Crippen molar-refractivity contribution >= 4 is 24.1 Å². The van der Waals surface area contributed by atoms with Crippen molar-refractivity contribution in [1.82, 2.24) is 0 Å². The van der Waals surface area contributed by atoms with Gasteiger partial charge in [-0.2, -0.15) is 0 Å². The van der Waals surface area contributed by atoms with Crippen LogP contribution in [0.3, 0.4) is 0 Å². The Kier molecular flexibility index (Phi) is 7.00. The van der Waals surface area contributed by atoms with Gasteiger partial charge >= 0.3 is 117 Å². The van der Waals surface area contributed by atoms with Crippen LogP contribution in [0.15, 0.2) is 42.0 Å². The predicted octanol–water partition coefficient (Wildman–Crippen LogP) is 3.32. The Hall–Kier alpha value is -0.851. The van der Waals surface area contributed by atoms with E-state index in [4.69, 9.17) is 0 Å². The van der Waals surface area contributed by atoms with E-state index in [1.54, 1.807) is 0 Å². The summed E-state index contributed by atoms with van der Waals surface area (Å²) in [4.78, 5) is 11.9. The van der Waals surface area contributed by atoms with Crippen LogP contribution in [0.25, 0.3) is 0 Å². The Labute approximate surface area is 117 Å². The first-order valence-electron chi connectivity index (χ1n) is 6.47. The molecule has 0 spiro atoms. The number of carbonyl (C=O) groups excluding carboxylic acids is 1. The molecule has 0 heterocycles. The summed E-state index contributed by atoms with van der Waals surface area (Å²) < 4.78 is 1.60. The summed E-state index contributed by atoms with van der Waals surface area (Å²) in [6.45, 7) is 6.42. The summed E-state index contributed by atoms with van der Waals surface area (Å²) in [7, 11) is 0. The van der Waals surface area contributed by atoms with Gasteiger partial charge in [0, 0.05) is 0 Å². The van der Waals surface area contributed by atoms with Crippen molar-refractivity contribution in [2.24, 2.45) is 5.92 Å².